The number of rotatable bonds is 3. The minimum absolute atomic E-state index is 0.0301. The number of pyridine rings is 1. The molecule has 0 spiro atoms. The number of aryl methyl sites for hydroxylation is 1. The lowest BCUT2D eigenvalue weighted by Gasteiger charge is -2.46. The molecule has 2 unspecified atom stereocenters. The van der Waals surface area contributed by atoms with Gasteiger partial charge in [-0.15, -0.1) is 0 Å². The van der Waals surface area contributed by atoms with Crippen molar-refractivity contribution >= 4 is 34.4 Å². The molecule has 5 heterocycles. The highest BCUT2D eigenvalue weighted by molar-refractivity contribution is 6.31. The number of carbonyl (C=O) groups is 1. The van der Waals surface area contributed by atoms with Gasteiger partial charge in [0.2, 0.25) is 0 Å². The van der Waals surface area contributed by atoms with Crippen molar-refractivity contribution < 1.29 is 4.79 Å². The second-order valence-electron chi connectivity index (χ2n) is 9.22. The van der Waals surface area contributed by atoms with Crippen LogP contribution in [0.1, 0.15) is 22.6 Å². The summed E-state index contributed by atoms with van der Waals surface area (Å²) in [6.07, 6.45) is 6.49. The van der Waals surface area contributed by atoms with Crippen LogP contribution in [0.3, 0.4) is 0 Å². The van der Waals surface area contributed by atoms with Crippen molar-refractivity contribution in [3.8, 4) is 5.69 Å². The molecule has 2 bridgehead atoms. The quantitative estimate of drug-likeness (QED) is 0.450. The Morgan fingerprint density at radius 1 is 1.03 bits per heavy atom. The van der Waals surface area contributed by atoms with E-state index in [1.54, 1.807) is 10.9 Å². The maximum Gasteiger partial charge on any atom is 0.274 e. The highest BCUT2D eigenvalue weighted by Crippen LogP contribution is 2.32. The van der Waals surface area contributed by atoms with E-state index >= 15 is 0 Å². The SMILES string of the molecule is Cc1ccc(-n2cccn2)c(C(=O)N2CC3CC(C2)CN(c2cnc4ccc(Cl)cc4n2)C3)n1. The molecule has 2 aliphatic rings. The van der Waals surface area contributed by atoms with Gasteiger partial charge in [0.15, 0.2) is 5.69 Å². The summed E-state index contributed by atoms with van der Waals surface area (Å²) >= 11 is 6.16. The molecular weight excluding hydrogens is 450 g/mol. The zero-order valence-electron chi connectivity index (χ0n) is 18.8. The molecule has 4 aromatic rings. The molecule has 172 valence electrons. The average Bonchev–Trinajstić information content (AvgIpc) is 3.37. The zero-order valence-corrected chi connectivity index (χ0v) is 19.6. The van der Waals surface area contributed by atoms with Crippen LogP contribution in [0.5, 0.6) is 0 Å². The van der Waals surface area contributed by atoms with Crippen LogP contribution < -0.4 is 4.90 Å². The number of benzene rings is 1. The Morgan fingerprint density at radius 3 is 2.62 bits per heavy atom. The zero-order chi connectivity index (χ0) is 23.2. The molecule has 9 heteroatoms. The van der Waals surface area contributed by atoms with Crippen molar-refractivity contribution in [3.05, 3.63) is 71.4 Å². The summed E-state index contributed by atoms with van der Waals surface area (Å²) in [6.45, 7) is 4.99. The molecule has 0 saturated carbocycles. The molecule has 3 aromatic heterocycles. The molecule has 1 amide bonds. The Kier molecular flexibility index (Phi) is 5.17. The summed E-state index contributed by atoms with van der Waals surface area (Å²) < 4.78 is 1.71. The summed E-state index contributed by atoms with van der Waals surface area (Å²) in [5.74, 6) is 1.57. The van der Waals surface area contributed by atoms with Gasteiger partial charge in [0.1, 0.15) is 5.82 Å². The lowest BCUT2D eigenvalue weighted by atomic mass is 9.84. The third kappa shape index (κ3) is 3.88. The summed E-state index contributed by atoms with van der Waals surface area (Å²) in [7, 11) is 0. The maximum absolute atomic E-state index is 13.6. The van der Waals surface area contributed by atoms with Gasteiger partial charge in [0.25, 0.3) is 5.91 Å². The van der Waals surface area contributed by atoms with Gasteiger partial charge in [0, 0.05) is 49.3 Å². The molecule has 2 aliphatic heterocycles. The Labute approximate surface area is 202 Å². The molecule has 2 fully saturated rings. The highest BCUT2D eigenvalue weighted by atomic mass is 35.5. The second-order valence-corrected chi connectivity index (χ2v) is 9.65. The number of aromatic nitrogens is 5. The van der Waals surface area contributed by atoms with Gasteiger partial charge in [-0.3, -0.25) is 9.78 Å². The first-order chi connectivity index (χ1) is 16.5. The van der Waals surface area contributed by atoms with E-state index in [9.17, 15) is 4.79 Å². The smallest absolute Gasteiger partial charge is 0.274 e. The summed E-state index contributed by atoms with van der Waals surface area (Å²) in [5.41, 5.74) is 3.62. The van der Waals surface area contributed by atoms with Crippen LogP contribution in [0.25, 0.3) is 16.7 Å². The van der Waals surface area contributed by atoms with Crippen LogP contribution >= 0.6 is 11.6 Å². The van der Waals surface area contributed by atoms with Gasteiger partial charge in [-0.05, 0) is 61.6 Å². The van der Waals surface area contributed by atoms with E-state index in [-0.39, 0.29) is 5.91 Å². The number of fused-ring (bicyclic) bond motifs is 3. The molecule has 0 radical (unpaired) electrons. The van der Waals surface area contributed by atoms with Crippen LogP contribution in [-0.2, 0) is 0 Å². The number of nitrogens with zero attached hydrogens (tertiary/aromatic N) is 7. The molecule has 2 atom stereocenters. The largest absolute Gasteiger partial charge is 0.355 e. The number of anilines is 1. The third-order valence-electron chi connectivity index (χ3n) is 6.65. The second kappa shape index (κ2) is 8.36. The first-order valence-electron chi connectivity index (χ1n) is 11.5. The van der Waals surface area contributed by atoms with Gasteiger partial charge < -0.3 is 9.80 Å². The monoisotopic (exact) mass is 473 g/mol. The van der Waals surface area contributed by atoms with Crippen LogP contribution in [0.2, 0.25) is 5.02 Å². The average molecular weight is 474 g/mol. The van der Waals surface area contributed by atoms with E-state index in [4.69, 9.17) is 16.6 Å². The Morgan fingerprint density at radius 2 is 1.85 bits per heavy atom. The number of hydrogen-bond donors (Lipinski definition) is 0. The molecule has 34 heavy (non-hydrogen) atoms. The minimum atomic E-state index is -0.0301. The fourth-order valence-electron chi connectivity index (χ4n) is 5.21. The molecule has 0 N–H and O–H groups in total. The molecule has 0 aliphatic carbocycles. The van der Waals surface area contributed by atoms with E-state index in [1.165, 1.54) is 0 Å². The number of carbonyl (C=O) groups excluding carboxylic acids is 1. The lowest BCUT2D eigenvalue weighted by Crippen LogP contribution is -2.54. The number of halogens is 1. The van der Waals surface area contributed by atoms with Crippen molar-refractivity contribution in [3.63, 3.8) is 0 Å². The van der Waals surface area contributed by atoms with E-state index < -0.39 is 0 Å². The predicted molar refractivity (Wildman–Crippen MR) is 130 cm³/mol. The van der Waals surface area contributed by atoms with Crippen LogP contribution in [0.15, 0.2) is 55.0 Å². The number of piperidine rings is 2. The molecular formula is C25H24ClN7O. The lowest BCUT2D eigenvalue weighted by molar-refractivity contribution is 0.0558. The normalized spacial score (nSPS) is 20.1. The van der Waals surface area contributed by atoms with Crippen molar-refractivity contribution in [2.24, 2.45) is 11.8 Å². The Bertz CT molecular complexity index is 1360. The van der Waals surface area contributed by atoms with Gasteiger partial charge in [-0.25, -0.2) is 14.6 Å². The summed E-state index contributed by atoms with van der Waals surface area (Å²) in [6, 6.07) is 11.2. The fourth-order valence-corrected chi connectivity index (χ4v) is 5.38. The molecule has 1 aromatic carbocycles. The first-order valence-corrected chi connectivity index (χ1v) is 11.9. The third-order valence-corrected chi connectivity index (χ3v) is 6.89. The predicted octanol–water partition coefficient (Wildman–Crippen LogP) is 3.77. The number of hydrogen-bond acceptors (Lipinski definition) is 6. The Hall–Kier alpha value is -3.52. The highest BCUT2D eigenvalue weighted by Gasteiger charge is 2.37. The molecule has 2 saturated heterocycles. The van der Waals surface area contributed by atoms with Crippen molar-refractivity contribution in [1.29, 1.82) is 0 Å². The van der Waals surface area contributed by atoms with Crippen LogP contribution in [0.4, 0.5) is 5.82 Å². The van der Waals surface area contributed by atoms with Crippen molar-refractivity contribution in [1.82, 2.24) is 29.6 Å². The molecule has 8 nitrogen and oxygen atoms in total. The van der Waals surface area contributed by atoms with E-state index in [0.29, 0.717) is 41.3 Å². The fraction of sp³-hybridized carbons (Fsp3) is 0.320. The van der Waals surface area contributed by atoms with Crippen LogP contribution in [0, 0.1) is 18.8 Å². The van der Waals surface area contributed by atoms with E-state index in [2.05, 4.69) is 20.0 Å². The Balaban J connectivity index is 1.23. The minimum Gasteiger partial charge on any atom is -0.355 e. The van der Waals surface area contributed by atoms with Crippen molar-refractivity contribution in [2.45, 2.75) is 13.3 Å². The van der Waals surface area contributed by atoms with Crippen LogP contribution in [-0.4, -0.2) is 61.7 Å². The maximum atomic E-state index is 13.6. The number of likely N-dealkylation sites (tertiary alicyclic amines) is 1. The van der Waals surface area contributed by atoms with Crippen molar-refractivity contribution in [2.75, 3.05) is 31.1 Å². The topological polar surface area (TPSA) is 80.0 Å². The van der Waals surface area contributed by atoms with Gasteiger partial charge >= 0.3 is 0 Å². The number of amides is 1. The van der Waals surface area contributed by atoms with Gasteiger partial charge in [-0.2, -0.15) is 5.10 Å². The van der Waals surface area contributed by atoms with Gasteiger partial charge in [-0.1, -0.05) is 11.6 Å². The first kappa shape index (κ1) is 21.0. The standard InChI is InChI=1S/C25H24ClN7O/c1-16-3-6-22(33-8-2-7-28-33)24(29-16)25(34)32-14-17-9-18(15-32)13-31(12-17)23-11-27-20-5-4-19(26)10-21(20)30-23/h2-8,10-11,17-18H,9,12-15H2,1H3. The molecule has 6 rings (SSSR count). The van der Waals surface area contributed by atoms with E-state index in [0.717, 1.165) is 42.1 Å². The van der Waals surface area contributed by atoms with E-state index in [1.807, 2.05) is 60.6 Å². The summed E-state index contributed by atoms with van der Waals surface area (Å²) in [4.78, 5) is 31.9. The van der Waals surface area contributed by atoms with Gasteiger partial charge in [0.05, 0.1) is 22.9 Å². The summed E-state index contributed by atoms with van der Waals surface area (Å²) in [5, 5.41) is 4.97.